The monoisotopic (exact) mass is 336 g/mol. The average molecular weight is 336 g/mol. The molecule has 0 saturated carbocycles. The van der Waals surface area contributed by atoms with Gasteiger partial charge in [0.05, 0.1) is 7.11 Å². The normalized spacial score (nSPS) is 12.4. The molecule has 6 nitrogen and oxygen atoms in total. The van der Waals surface area contributed by atoms with E-state index in [4.69, 9.17) is 14.2 Å². The predicted molar refractivity (Wildman–Crippen MR) is 92.5 cm³/mol. The molecule has 1 N–H and O–H groups in total. The van der Waals surface area contributed by atoms with Crippen molar-refractivity contribution >= 4 is 17.7 Å². The summed E-state index contributed by atoms with van der Waals surface area (Å²) in [5.74, 6) is 1.26. The fraction of sp³-hybridized carbons (Fsp3) is 0.158. The number of carbonyl (C=O) groups excluding carboxylic acids is 1. The molecule has 0 saturated heterocycles. The highest BCUT2D eigenvalue weighted by atomic mass is 16.7. The Bertz CT molecular complexity index is 897. The number of fused-ring (bicyclic) bond motifs is 1. The van der Waals surface area contributed by atoms with E-state index < -0.39 is 5.91 Å². The quantitative estimate of drug-likeness (QED) is 0.684. The first-order valence-electron chi connectivity index (χ1n) is 7.58. The summed E-state index contributed by atoms with van der Waals surface area (Å²) in [6.45, 7) is 2.08. The summed E-state index contributed by atoms with van der Waals surface area (Å²) >= 11 is 0. The molecule has 1 heterocycles. The van der Waals surface area contributed by atoms with Crippen LogP contribution in [0.5, 0.6) is 17.2 Å². The molecule has 2 aromatic rings. The van der Waals surface area contributed by atoms with Gasteiger partial charge >= 0.3 is 0 Å². The van der Waals surface area contributed by atoms with Gasteiger partial charge < -0.3 is 19.5 Å². The first kappa shape index (κ1) is 16.4. The summed E-state index contributed by atoms with van der Waals surface area (Å²) < 4.78 is 15.8. The summed E-state index contributed by atoms with van der Waals surface area (Å²) in [5, 5.41) is 12.0. The number of carbonyl (C=O) groups is 1. The van der Waals surface area contributed by atoms with Crippen molar-refractivity contribution in [3.8, 4) is 23.3 Å². The molecular formula is C19H16N2O4. The van der Waals surface area contributed by atoms with Crippen molar-refractivity contribution in [2.45, 2.75) is 6.92 Å². The van der Waals surface area contributed by atoms with Gasteiger partial charge in [-0.2, -0.15) is 5.26 Å². The highest BCUT2D eigenvalue weighted by Crippen LogP contribution is 2.34. The lowest BCUT2D eigenvalue weighted by atomic mass is 10.1. The van der Waals surface area contributed by atoms with Crippen LogP contribution in [0.15, 0.2) is 42.0 Å². The number of anilines is 1. The fourth-order valence-corrected chi connectivity index (χ4v) is 2.44. The van der Waals surface area contributed by atoms with Crippen molar-refractivity contribution < 1.29 is 19.0 Å². The number of nitriles is 1. The van der Waals surface area contributed by atoms with Crippen LogP contribution in [0.4, 0.5) is 5.69 Å². The van der Waals surface area contributed by atoms with Crippen LogP contribution in [0, 0.1) is 18.3 Å². The minimum Gasteiger partial charge on any atom is -0.496 e. The van der Waals surface area contributed by atoms with Gasteiger partial charge in [0.25, 0.3) is 5.91 Å². The van der Waals surface area contributed by atoms with Gasteiger partial charge in [-0.15, -0.1) is 0 Å². The summed E-state index contributed by atoms with van der Waals surface area (Å²) in [7, 11) is 1.54. The number of hydrogen-bond donors (Lipinski definition) is 1. The number of hydrogen-bond acceptors (Lipinski definition) is 5. The number of aryl methyl sites for hydroxylation is 1. The molecule has 25 heavy (non-hydrogen) atoms. The molecule has 0 spiro atoms. The molecule has 0 unspecified atom stereocenters. The molecule has 0 radical (unpaired) electrons. The largest absolute Gasteiger partial charge is 0.496 e. The second-order valence-corrected chi connectivity index (χ2v) is 5.44. The Labute approximate surface area is 145 Å². The number of nitrogens with one attached hydrogen (secondary N) is 1. The van der Waals surface area contributed by atoms with Crippen LogP contribution in [0.3, 0.4) is 0 Å². The van der Waals surface area contributed by atoms with Crippen molar-refractivity contribution in [3.63, 3.8) is 0 Å². The van der Waals surface area contributed by atoms with Crippen LogP contribution in [0.2, 0.25) is 0 Å². The van der Waals surface area contributed by atoms with E-state index in [2.05, 4.69) is 5.32 Å². The topological polar surface area (TPSA) is 80.6 Å². The van der Waals surface area contributed by atoms with E-state index in [0.717, 1.165) is 5.56 Å². The van der Waals surface area contributed by atoms with Crippen LogP contribution in [-0.2, 0) is 4.79 Å². The van der Waals surface area contributed by atoms with E-state index in [1.807, 2.05) is 25.1 Å². The maximum absolute atomic E-state index is 12.4. The first-order chi connectivity index (χ1) is 12.1. The Morgan fingerprint density at radius 2 is 2.04 bits per heavy atom. The van der Waals surface area contributed by atoms with Gasteiger partial charge in [-0.05, 0) is 37.3 Å². The first-order valence-corrected chi connectivity index (χ1v) is 7.58. The number of ether oxygens (including phenoxy) is 3. The van der Waals surface area contributed by atoms with Gasteiger partial charge in [-0.3, -0.25) is 4.79 Å². The Morgan fingerprint density at radius 3 is 2.80 bits per heavy atom. The zero-order valence-corrected chi connectivity index (χ0v) is 13.8. The third-order valence-electron chi connectivity index (χ3n) is 3.68. The zero-order chi connectivity index (χ0) is 17.8. The molecule has 2 aromatic carbocycles. The molecule has 6 heteroatoms. The van der Waals surface area contributed by atoms with E-state index in [1.165, 1.54) is 6.08 Å². The fourth-order valence-electron chi connectivity index (χ4n) is 2.44. The number of nitrogens with zero attached hydrogens (tertiary/aromatic N) is 1. The van der Waals surface area contributed by atoms with Crippen molar-refractivity contribution in [3.05, 3.63) is 53.1 Å². The molecule has 0 aromatic heterocycles. The lowest BCUT2D eigenvalue weighted by molar-refractivity contribution is -0.112. The van der Waals surface area contributed by atoms with E-state index in [1.54, 1.807) is 31.4 Å². The van der Waals surface area contributed by atoms with Crippen LogP contribution in [-0.4, -0.2) is 19.8 Å². The molecule has 0 bridgehead atoms. The predicted octanol–water partition coefficient (Wildman–Crippen LogP) is 3.28. The molecular weight excluding hydrogens is 320 g/mol. The Hall–Kier alpha value is -3.46. The molecule has 1 aliphatic heterocycles. The third-order valence-corrected chi connectivity index (χ3v) is 3.68. The minimum atomic E-state index is -0.509. The van der Waals surface area contributed by atoms with Gasteiger partial charge in [0, 0.05) is 17.3 Å². The summed E-state index contributed by atoms with van der Waals surface area (Å²) in [6.07, 6.45) is 1.51. The Balaban J connectivity index is 1.84. The molecule has 126 valence electrons. The van der Waals surface area contributed by atoms with Crippen LogP contribution < -0.4 is 19.5 Å². The SMILES string of the molecule is COc1ccc(C)cc1/C=C(\C#N)C(=O)Nc1ccc2c(c1)OCO2. The number of amides is 1. The number of benzene rings is 2. The standard InChI is InChI=1S/C19H16N2O4/c1-12-3-5-16(23-2)13(7-12)8-14(10-20)19(22)21-15-4-6-17-18(9-15)25-11-24-17/h3-9H,11H2,1-2H3,(H,21,22)/b14-8+. The Kier molecular flexibility index (Phi) is 4.57. The second-order valence-electron chi connectivity index (χ2n) is 5.44. The molecule has 1 amide bonds. The molecule has 0 aliphatic carbocycles. The van der Waals surface area contributed by atoms with E-state index in [0.29, 0.717) is 28.5 Å². The van der Waals surface area contributed by atoms with Crippen molar-refractivity contribution in [1.82, 2.24) is 0 Å². The molecule has 1 aliphatic rings. The number of rotatable bonds is 4. The van der Waals surface area contributed by atoms with Crippen molar-refractivity contribution in [1.29, 1.82) is 5.26 Å². The van der Waals surface area contributed by atoms with Crippen LogP contribution in [0.1, 0.15) is 11.1 Å². The number of methoxy groups -OCH3 is 1. The summed E-state index contributed by atoms with van der Waals surface area (Å²) in [6, 6.07) is 12.5. The highest BCUT2D eigenvalue weighted by Gasteiger charge is 2.16. The molecule has 0 fully saturated rings. The van der Waals surface area contributed by atoms with Gasteiger partial charge in [0.1, 0.15) is 17.4 Å². The van der Waals surface area contributed by atoms with E-state index in [9.17, 15) is 10.1 Å². The molecule has 3 rings (SSSR count). The summed E-state index contributed by atoms with van der Waals surface area (Å²) in [5.41, 5.74) is 2.16. The lowest BCUT2D eigenvalue weighted by Gasteiger charge is -2.08. The highest BCUT2D eigenvalue weighted by molar-refractivity contribution is 6.10. The third kappa shape index (κ3) is 3.56. The van der Waals surface area contributed by atoms with Crippen LogP contribution >= 0.6 is 0 Å². The van der Waals surface area contributed by atoms with Crippen LogP contribution in [0.25, 0.3) is 6.08 Å². The maximum Gasteiger partial charge on any atom is 0.266 e. The van der Waals surface area contributed by atoms with E-state index in [-0.39, 0.29) is 12.4 Å². The minimum absolute atomic E-state index is 0.0263. The van der Waals surface area contributed by atoms with E-state index >= 15 is 0 Å². The zero-order valence-electron chi connectivity index (χ0n) is 13.8. The maximum atomic E-state index is 12.4. The van der Waals surface area contributed by atoms with Gasteiger partial charge in [0.2, 0.25) is 6.79 Å². The average Bonchev–Trinajstić information content (AvgIpc) is 3.07. The lowest BCUT2D eigenvalue weighted by Crippen LogP contribution is -2.13. The van der Waals surface area contributed by atoms with Crippen molar-refractivity contribution in [2.24, 2.45) is 0 Å². The Morgan fingerprint density at radius 1 is 1.24 bits per heavy atom. The smallest absolute Gasteiger partial charge is 0.266 e. The summed E-state index contributed by atoms with van der Waals surface area (Å²) in [4.78, 5) is 12.4. The van der Waals surface area contributed by atoms with Gasteiger partial charge in [-0.1, -0.05) is 11.6 Å². The van der Waals surface area contributed by atoms with Gasteiger partial charge in [0.15, 0.2) is 11.5 Å². The second kappa shape index (κ2) is 6.97. The van der Waals surface area contributed by atoms with Crippen molar-refractivity contribution in [2.75, 3.05) is 19.2 Å². The molecule has 0 atom stereocenters. The van der Waals surface area contributed by atoms with Gasteiger partial charge in [-0.25, -0.2) is 0 Å².